The van der Waals surface area contributed by atoms with Gasteiger partial charge in [0.25, 0.3) is 0 Å². The van der Waals surface area contributed by atoms with Gasteiger partial charge < -0.3 is 9.47 Å². The molecule has 94 valence electrons. The summed E-state index contributed by atoms with van der Waals surface area (Å²) < 4.78 is 10.0. The van der Waals surface area contributed by atoms with Crippen LogP contribution < -0.4 is 0 Å². The standard InChI is InChI=1S/C12H12N2O4/c1-12(2,3)18-8(15)6-7-9-10(11(16)17-7)14-5-4-13-9/h4-6H,1-3H3. The Hall–Kier alpha value is -2.24. The van der Waals surface area contributed by atoms with Gasteiger partial charge >= 0.3 is 11.9 Å². The molecule has 6 nitrogen and oxygen atoms in total. The Bertz CT molecular complexity index is 543. The average Bonchev–Trinajstić information content (AvgIpc) is 2.54. The van der Waals surface area contributed by atoms with E-state index in [-0.39, 0.29) is 17.1 Å². The Labute approximate surface area is 104 Å². The molecule has 1 aromatic heterocycles. The van der Waals surface area contributed by atoms with Gasteiger partial charge in [-0.3, -0.25) is 0 Å². The van der Waals surface area contributed by atoms with Crippen molar-refractivity contribution in [1.82, 2.24) is 9.97 Å². The van der Waals surface area contributed by atoms with Crippen molar-refractivity contribution in [3.8, 4) is 0 Å². The quantitative estimate of drug-likeness (QED) is 0.551. The number of carbonyl (C=O) groups is 2. The molecule has 0 atom stereocenters. The minimum atomic E-state index is -0.618. The van der Waals surface area contributed by atoms with Crippen LogP contribution in [0.5, 0.6) is 0 Å². The lowest BCUT2D eigenvalue weighted by molar-refractivity contribution is -0.148. The number of nitrogens with zero attached hydrogens (tertiary/aromatic N) is 2. The van der Waals surface area contributed by atoms with Crippen LogP contribution >= 0.6 is 0 Å². The van der Waals surface area contributed by atoms with Crippen LogP contribution in [0.2, 0.25) is 0 Å². The van der Waals surface area contributed by atoms with Crippen molar-refractivity contribution in [2.45, 2.75) is 26.4 Å². The number of hydrogen-bond donors (Lipinski definition) is 0. The number of carbonyl (C=O) groups excluding carboxylic acids is 2. The van der Waals surface area contributed by atoms with Crippen LogP contribution in [0, 0.1) is 0 Å². The van der Waals surface area contributed by atoms with E-state index in [2.05, 4.69) is 9.97 Å². The van der Waals surface area contributed by atoms with Gasteiger partial charge in [-0.25, -0.2) is 19.6 Å². The van der Waals surface area contributed by atoms with E-state index < -0.39 is 17.5 Å². The maximum absolute atomic E-state index is 11.6. The van der Waals surface area contributed by atoms with Gasteiger partial charge in [0, 0.05) is 12.4 Å². The topological polar surface area (TPSA) is 78.4 Å². The fraction of sp³-hybridized carbons (Fsp3) is 0.333. The minimum Gasteiger partial charge on any atom is -0.457 e. The first-order valence-corrected chi connectivity index (χ1v) is 5.35. The van der Waals surface area contributed by atoms with E-state index >= 15 is 0 Å². The predicted molar refractivity (Wildman–Crippen MR) is 61.3 cm³/mol. The number of aromatic nitrogens is 2. The maximum atomic E-state index is 11.6. The second kappa shape index (κ2) is 4.21. The van der Waals surface area contributed by atoms with Gasteiger partial charge in [0.1, 0.15) is 11.3 Å². The smallest absolute Gasteiger partial charge is 0.364 e. The predicted octanol–water partition coefficient (Wildman–Crippen LogP) is 1.33. The third-order valence-corrected chi connectivity index (χ3v) is 1.98. The molecule has 2 rings (SSSR count). The highest BCUT2D eigenvalue weighted by Crippen LogP contribution is 2.25. The SMILES string of the molecule is CC(C)(C)OC(=O)C=C1OC(=O)c2nccnc21. The van der Waals surface area contributed by atoms with Gasteiger partial charge in [-0.05, 0) is 20.8 Å². The van der Waals surface area contributed by atoms with E-state index in [4.69, 9.17) is 9.47 Å². The highest BCUT2D eigenvalue weighted by atomic mass is 16.6. The lowest BCUT2D eigenvalue weighted by Gasteiger charge is -2.18. The molecule has 0 saturated carbocycles. The van der Waals surface area contributed by atoms with Crippen molar-refractivity contribution in [1.29, 1.82) is 0 Å². The molecule has 0 spiro atoms. The van der Waals surface area contributed by atoms with Crippen LogP contribution in [0.3, 0.4) is 0 Å². The maximum Gasteiger partial charge on any atom is 0.364 e. The molecule has 0 aliphatic carbocycles. The molecule has 1 aromatic rings. The second-order valence-corrected chi connectivity index (χ2v) is 4.69. The first kappa shape index (κ1) is 12.2. The summed E-state index contributed by atoms with van der Waals surface area (Å²) in [6, 6.07) is 0. The lowest BCUT2D eigenvalue weighted by Crippen LogP contribution is -2.22. The van der Waals surface area contributed by atoms with Gasteiger partial charge in [-0.15, -0.1) is 0 Å². The summed E-state index contributed by atoms with van der Waals surface area (Å²) in [6.07, 6.45) is 3.91. The number of hydrogen-bond acceptors (Lipinski definition) is 6. The van der Waals surface area contributed by atoms with E-state index in [1.54, 1.807) is 20.8 Å². The van der Waals surface area contributed by atoms with Gasteiger partial charge in [0.15, 0.2) is 11.5 Å². The van der Waals surface area contributed by atoms with E-state index in [1.165, 1.54) is 12.4 Å². The number of rotatable bonds is 1. The number of ether oxygens (including phenoxy) is 2. The molecule has 0 radical (unpaired) electrons. The van der Waals surface area contributed by atoms with E-state index in [0.717, 1.165) is 6.08 Å². The van der Waals surface area contributed by atoms with Crippen molar-refractivity contribution in [2.75, 3.05) is 0 Å². The lowest BCUT2D eigenvalue weighted by atomic mass is 10.2. The van der Waals surface area contributed by atoms with Crippen molar-refractivity contribution in [3.63, 3.8) is 0 Å². The van der Waals surface area contributed by atoms with Crippen LogP contribution in [0.15, 0.2) is 18.5 Å². The van der Waals surface area contributed by atoms with Crippen molar-refractivity contribution in [2.24, 2.45) is 0 Å². The van der Waals surface area contributed by atoms with Crippen molar-refractivity contribution >= 4 is 17.7 Å². The van der Waals surface area contributed by atoms with Gasteiger partial charge in [0.2, 0.25) is 0 Å². The Morgan fingerprint density at radius 1 is 1.28 bits per heavy atom. The molecule has 1 aliphatic heterocycles. The number of cyclic esters (lactones) is 1. The summed E-state index contributed by atoms with van der Waals surface area (Å²) in [7, 11) is 0. The zero-order valence-corrected chi connectivity index (χ0v) is 10.3. The zero-order valence-electron chi connectivity index (χ0n) is 10.3. The zero-order chi connectivity index (χ0) is 13.3. The van der Waals surface area contributed by atoms with Crippen LogP contribution in [0.4, 0.5) is 0 Å². The summed E-state index contributed by atoms with van der Waals surface area (Å²) in [5.74, 6) is -1.14. The van der Waals surface area contributed by atoms with E-state index in [0.29, 0.717) is 0 Å². The number of fused-ring (bicyclic) bond motifs is 1. The summed E-state index contributed by atoms with van der Waals surface area (Å²) >= 11 is 0. The normalized spacial score (nSPS) is 16.4. The minimum absolute atomic E-state index is 0.0670. The second-order valence-electron chi connectivity index (χ2n) is 4.69. The highest BCUT2D eigenvalue weighted by Gasteiger charge is 2.30. The van der Waals surface area contributed by atoms with E-state index in [9.17, 15) is 9.59 Å². The van der Waals surface area contributed by atoms with Gasteiger partial charge in [-0.1, -0.05) is 0 Å². The summed E-state index contributed by atoms with van der Waals surface area (Å²) in [4.78, 5) is 30.8. The monoisotopic (exact) mass is 248 g/mol. The molecule has 0 N–H and O–H groups in total. The molecule has 18 heavy (non-hydrogen) atoms. The molecule has 0 unspecified atom stereocenters. The first-order valence-electron chi connectivity index (χ1n) is 5.35. The molecule has 0 amide bonds. The molecule has 0 saturated heterocycles. The highest BCUT2D eigenvalue weighted by molar-refractivity contribution is 6.03. The van der Waals surface area contributed by atoms with E-state index in [1.807, 2.05) is 0 Å². The molecule has 2 heterocycles. The van der Waals surface area contributed by atoms with Crippen molar-refractivity contribution in [3.05, 3.63) is 29.9 Å². The van der Waals surface area contributed by atoms with Gasteiger partial charge in [0.05, 0.1) is 6.08 Å². The fourth-order valence-corrected chi connectivity index (χ4v) is 1.40. The molecule has 0 fully saturated rings. The third kappa shape index (κ3) is 2.53. The summed E-state index contributed by atoms with van der Waals surface area (Å²) in [5, 5.41) is 0. The summed E-state index contributed by atoms with van der Waals surface area (Å²) in [6.45, 7) is 5.24. The molecule has 1 aliphatic rings. The molecular formula is C12H12N2O4. The van der Waals surface area contributed by atoms with Crippen LogP contribution in [0.25, 0.3) is 5.76 Å². The average molecular weight is 248 g/mol. The van der Waals surface area contributed by atoms with Crippen LogP contribution in [-0.2, 0) is 14.3 Å². The fourth-order valence-electron chi connectivity index (χ4n) is 1.40. The Kier molecular flexibility index (Phi) is 2.86. The number of esters is 2. The largest absolute Gasteiger partial charge is 0.457 e. The Balaban J connectivity index is 2.27. The first-order chi connectivity index (χ1) is 8.37. The Morgan fingerprint density at radius 3 is 2.50 bits per heavy atom. The van der Waals surface area contributed by atoms with Crippen LogP contribution in [0.1, 0.15) is 37.0 Å². The van der Waals surface area contributed by atoms with Gasteiger partial charge in [-0.2, -0.15) is 0 Å². The summed E-state index contributed by atoms with van der Waals surface area (Å²) in [5.41, 5.74) is -0.247. The Morgan fingerprint density at radius 2 is 1.89 bits per heavy atom. The van der Waals surface area contributed by atoms with Crippen molar-refractivity contribution < 1.29 is 19.1 Å². The van der Waals surface area contributed by atoms with Crippen LogP contribution in [-0.4, -0.2) is 27.5 Å². The third-order valence-electron chi connectivity index (χ3n) is 1.98. The molecule has 0 aromatic carbocycles. The molecular weight excluding hydrogens is 236 g/mol. The molecule has 6 heteroatoms. The molecule has 0 bridgehead atoms.